The molecule has 2 aromatic carbocycles. The lowest BCUT2D eigenvalue weighted by atomic mass is 9.85. The van der Waals surface area contributed by atoms with E-state index >= 15 is 0 Å². The number of carbonyl (C=O) groups is 1. The highest BCUT2D eigenvalue weighted by molar-refractivity contribution is 5.78. The molecule has 0 saturated carbocycles. The number of likely N-dealkylation sites (N-methyl/N-ethyl adjacent to an activating group) is 1. The van der Waals surface area contributed by atoms with Crippen molar-refractivity contribution < 1.29 is 45.0 Å². The minimum Gasteiger partial charge on any atom is -0.374 e. The summed E-state index contributed by atoms with van der Waals surface area (Å²) in [6.45, 7) is 1.15. The number of ether oxygens (including phenoxy) is 2. The number of rotatable bonds is 7. The van der Waals surface area contributed by atoms with E-state index in [1.54, 1.807) is 0 Å². The van der Waals surface area contributed by atoms with Crippen LogP contribution in [-0.2, 0) is 27.4 Å². The molecule has 0 spiro atoms. The molecule has 0 radical (unpaired) electrons. The van der Waals surface area contributed by atoms with Crippen molar-refractivity contribution in [2.24, 2.45) is 0 Å². The van der Waals surface area contributed by atoms with Crippen molar-refractivity contribution in [1.29, 1.82) is 0 Å². The van der Waals surface area contributed by atoms with E-state index in [-0.39, 0.29) is 24.7 Å². The first kappa shape index (κ1) is 26.7. The van der Waals surface area contributed by atoms with E-state index in [2.05, 4.69) is 5.32 Å². The Bertz CT molecular complexity index is 1020. The van der Waals surface area contributed by atoms with Crippen molar-refractivity contribution in [2.75, 3.05) is 20.8 Å². The highest BCUT2D eigenvalue weighted by atomic mass is 19.4. The normalized spacial score (nSPS) is 21.8. The molecule has 12 heteroatoms. The van der Waals surface area contributed by atoms with Crippen LogP contribution in [0.3, 0.4) is 0 Å². The fraction of sp³-hybridized carbons (Fsp3) is 0.435. The van der Waals surface area contributed by atoms with E-state index in [4.69, 9.17) is 9.47 Å². The lowest BCUT2D eigenvalue weighted by Gasteiger charge is -2.35. The van der Waals surface area contributed by atoms with Crippen LogP contribution in [0.25, 0.3) is 0 Å². The largest absolute Gasteiger partial charge is 0.416 e. The average molecular weight is 508 g/mol. The average Bonchev–Trinajstić information content (AvgIpc) is 3.02. The van der Waals surface area contributed by atoms with Gasteiger partial charge in [-0.3, -0.25) is 4.90 Å². The maximum atomic E-state index is 13.5. The minimum absolute atomic E-state index is 0.0304. The molecule has 1 aliphatic heterocycles. The topological polar surface area (TPSA) is 50.8 Å². The third-order valence-corrected chi connectivity index (χ3v) is 5.95. The molecule has 1 saturated heterocycles. The van der Waals surface area contributed by atoms with Gasteiger partial charge in [0.2, 0.25) is 0 Å². The molecule has 0 bridgehead atoms. The van der Waals surface area contributed by atoms with Crippen molar-refractivity contribution in [2.45, 2.75) is 43.6 Å². The highest BCUT2D eigenvalue weighted by Gasteiger charge is 2.51. The van der Waals surface area contributed by atoms with Gasteiger partial charge < -0.3 is 14.8 Å². The van der Waals surface area contributed by atoms with E-state index in [1.165, 1.54) is 50.2 Å². The van der Waals surface area contributed by atoms with E-state index in [1.807, 2.05) is 0 Å². The number of hydrogen-bond donors (Lipinski definition) is 1. The predicted molar refractivity (Wildman–Crippen MR) is 111 cm³/mol. The molecule has 1 heterocycles. The molecule has 0 aliphatic carbocycles. The number of nitrogens with zero attached hydrogens (tertiary/aromatic N) is 1. The molecule has 3 atom stereocenters. The van der Waals surface area contributed by atoms with Gasteiger partial charge in [-0.1, -0.05) is 12.1 Å². The second-order valence-corrected chi connectivity index (χ2v) is 8.21. The van der Waals surface area contributed by atoms with E-state index < -0.39 is 53.2 Å². The molecular formula is C23H23F7N2O3. The Morgan fingerprint density at radius 2 is 1.57 bits per heavy atom. The van der Waals surface area contributed by atoms with Gasteiger partial charge in [-0.15, -0.1) is 0 Å². The summed E-state index contributed by atoms with van der Waals surface area (Å²) in [5.41, 5.74) is -3.91. The molecule has 2 aromatic rings. The van der Waals surface area contributed by atoms with Crippen LogP contribution in [0, 0.1) is 5.82 Å². The van der Waals surface area contributed by atoms with Crippen LogP contribution < -0.4 is 5.32 Å². The molecule has 0 unspecified atom stereocenters. The van der Waals surface area contributed by atoms with Crippen molar-refractivity contribution in [3.05, 3.63) is 70.5 Å². The zero-order valence-electron chi connectivity index (χ0n) is 18.9. The van der Waals surface area contributed by atoms with Gasteiger partial charge in [0, 0.05) is 20.6 Å². The second-order valence-electron chi connectivity index (χ2n) is 8.21. The van der Waals surface area contributed by atoms with E-state index in [0.717, 1.165) is 0 Å². The zero-order chi connectivity index (χ0) is 26.2. The molecular weight excluding hydrogens is 485 g/mol. The summed E-state index contributed by atoms with van der Waals surface area (Å²) in [5.74, 6) is -0.509. The Kier molecular flexibility index (Phi) is 7.37. The van der Waals surface area contributed by atoms with Crippen LogP contribution in [0.15, 0.2) is 42.5 Å². The van der Waals surface area contributed by atoms with Crippen LogP contribution in [0.1, 0.15) is 41.7 Å². The lowest BCUT2D eigenvalue weighted by molar-refractivity contribution is -0.143. The van der Waals surface area contributed by atoms with Gasteiger partial charge in [0.15, 0.2) is 6.23 Å². The number of benzene rings is 2. The minimum atomic E-state index is -4.98. The molecule has 1 aliphatic rings. The Morgan fingerprint density at radius 1 is 1.03 bits per heavy atom. The maximum Gasteiger partial charge on any atom is 0.416 e. The third-order valence-electron chi connectivity index (χ3n) is 5.95. The highest BCUT2D eigenvalue weighted by Crippen LogP contribution is 2.39. The first-order chi connectivity index (χ1) is 16.2. The Morgan fingerprint density at radius 3 is 2.06 bits per heavy atom. The number of hydrogen-bond acceptors (Lipinski definition) is 3. The van der Waals surface area contributed by atoms with Crippen molar-refractivity contribution in [1.82, 2.24) is 10.2 Å². The fourth-order valence-corrected chi connectivity index (χ4v) is 4.14. The number of urea groups is 1. The SMILES string of the molecule is CO[C@@H]1N(C)C(=O)N[C@]1(CCO[C@H](C)c1cc(C(F)(F)F)cc(C(F)(F)F)c1)c1ccc(F)cc1. The standard InChI is InChI=1S/C23H23F7N2O3/c1-13(14-10-16(22(25,26)27)12-17(11-14)23(28,29)30)35-9-8-21(15-4-6-18(24)7-5-15)19(34-3)32(2)20(33)31-21/h4-7,10-13,19H,8-9H2,1-3H3,(H,31,33)/t13-,19+,21-/m1/s1. The number of methoxy groups -OCH3 is 1. The van der Waals surface area contributed by atoms with Crippen LogP contribution in [0.5, 0.6) is 0 Å². The summed E-state index contributed by atoms with van der Waals surface area (Å²) in [6, 6.07) is 6.07. The van der Waals surface area contributed by atoms with Gasteiger partial charge in [-0.2, -0.15) is 26.3 Å². The number of alkyl halides is 6. The number of amides is 2. The number of carbonyl (C=O) groups excluding carboxylic acids is 1. The summed E-state index contributed by atoms with van der Waals surface area (Å²) in [7, 11) is 2.85. The molecule has 2 amide bonds. The van der Waals surface area contributed by atoms with E-state index in [9.17, 15) is 35.5 Å². The quantitative estimate of drug-likeness (QED) is 0.477. The van der Waals surface area contributed by atoms with Gasteiger partial charge >= 0.3 is 18.4 Å². The molecule has 0 aromatic heterocycles. The summed E-state index contributed by atoms with van der Waals surface area (Å²) >= 11 is 0. The molecule has 1 fully saturated rings. The van der Waals surface area contributed by atoms with Crippen LogP contribution in [-0.4, -0.2) is 37.9 Å². The molecule has 192 valence electrons. The van der Waals surface area contributed by atoms with Crippen LogP contribution >= 0.6 is 0 Å². The maximum absolute atomic E-state index is 13.5. The van der Waals surface area contributed by atoms with Crippen LogP contribution in [0.4, 0.5) is 35.5 Å². The monoisotopic (exact) mass is 508 g/mol. The molecule has 5 nitrogen and oxygen atoms in total. The first-order valence-electron chi connectivity index (χ1n) is 10.4. The van der Waals surface area contributed by atoms with Gasteiger partial charge in [0.1, 0.15) is 11.4 Å². The lowest BCUT2D eigenvalue weighted by Crippen LogP contribution is -2.48. The van der Waals surface area contributed by atoms with Crippen molar-refractivity contribution in [3.63, 3.8) is 0 Å². The van der Waals surface area contributed by atoms with Gasteiger partial charge in [-0.05, 0) is 48.4 Å². The third kappa shape index (κ3) is 5.53. The predicted octanol–water partition coefficient (Wildman–Crippen LogP) is 5.85. The summed E-state index contributed by atoms with van der Waals surface area (Å²) in [4.78, 5) is 13.7. The van der Waals surface area contributed by atoms with Crippen LogP contribution in [0.2, 0.25) is 0 Å². The number of halogens is 7. The smallest absolute Gasteiger partial charge is 0.374 e. The second kappa shape index (κ2) is 9.65. The van der Waals surface area contributed by atoms with Crippen molar-refractivity contribution in [3.8, 4) is 0 Å². The summed E-state index contributed by atoms with van der Waals surface area (Å²) in [5, 5.41) is 2.79. The van der Waals surface area contributed by atoms with Crippen molar-refractivity contribution >= 4 is 6.03 Å². The molecule has 1 N–H and O–H groups in total. The Labute approximate surface area is 196 Å². The summed E-state index contributed by atoms with van der Waals surface area (Å²) in [6.07, 6.45) is -11.9. The zero-order valence-corrected chi connectivity index (χ0v) is 18.9. The summed E-state index contributed by atoms with van der Waals surface area (Å²) < 4.78 is 104. The van der Waals surface area contributed by atoms with E-state index in [0.29, 0.717) is 17.7 Å². The Hall–Kier alpha value is -2.86. The first-order valence-corrected chi connectivity index (χ1v) is 10.4. The Balaban J connectivity index is 1.87. The molecule has 35 heavy (non-hydrogen) atoms. The fourth-order valence-electron chi connectivity index (χ4n) is 4.14. The number of nitrogens with one attached hydrogen (secondary N) is 1. The van der Waals surface area contributed by atoms with Gasteiger partial charge in [-0.25, -0.2) is 9.18 Å². The van der Waals surface area contributed by atoms with Gasteiger partial charge in [0.05, 0.1) is 23.8 Å². The van der Waals surface area contributed by atoms with Gasteiger partial charge in [0.25, 0.3) is 0 Å². The molecule has 3 rings (SSSR count).